The van der Waals surface area contributed by atoms with Gasteiger partial charge in [-0.15, -0.1) is 0 Å². The second kappa shape index (κ2) is 4.33. The van der Waals surface area contributed by atoms with Gasteiger partial charge < -0.3 is 0 Å². The molecule has 2 aromatic rings. The van der Waals surface area contributed by atoms with Gasteiger partial charge in [-0.25, -0.2) is 0 Å². The Labute approximate surface area is 100 Å². The minimum atomic E-state index is 1.19. The molecule has 0 unspecified atom stereocenters. The van der Waals surface area contributed by atoms with E-state index in [1.54, 1.807) is 0 Å². The van der Waals surface area contributed by atoms with E-state index in [-0.39, 0.29) is 0 Å². The van der Waals surface area contributed by atoms with E-state index < -0.39 is 0 Å². The molecule has 14 heavy (non-hydrogen) atoms. The van der Waals surface area contributed by atoms with Gasteiger partial charge >= 0.3 is 101 Å². The number of rotatable bonds is 1. The predicted molar refractivity (Wildman–Crippen MR) is 62.7 cm³/mol. The molecule has 0 fully saturated rings. The maximum absolute atomic E-state index is 3.08. The normalized spacial score (nSPS) is 10.0. The van der Waals surface area contributed by atoms with E-state index in [2.05, 4.69) is 68.4 Å². The fourth-order valence-electron chi connectivity index (χ4n) is 1.38. The van der Waals surface area contributed by atoms with E-state index in [1.807, 2.05) is 12.1 Å². The molecule has 0 saturated heterocycles. The summed E-state index contributed by atoms with van der Waals surface area (Å²) in [5.41, 5.74) is 2.50. The van der Waals surface area contributed by atoms with Crippen molar-refractivity contribution in [2.24, 2.45) is 0 Å². The molecular weight excluding hydrogens is 302 g/mol. The molecule has 0 heterocycles. The Hall–Kier alpha value is -0.521. The standard InChI is InChI=1S/C12H8Se2/c13-11-7-3-1-5-9(11)10-6-2-4-8-12(10)14/h1-8H. The second-order valence-corrected chi connectivity index (χ2v) is 4.84. The van der Waals surface area contributed by atoms with Crippen molar-refractivity contribution in [2.45, 2.75) is 0 Å². The quantitative estimate of drug-likeness (QED) is 0.688. The van der Waals surface area contributed by atoms with Gasteiger partial charge in [-0.3, -0.25) is 0 Å². The average molecular weight is 310 g/mol. The van der Waals surface area contributed by atoms with E-state index in [0.29, 0.717) is 0 Å². The van der Waals surface area contributed by atoms with Crippen molar-refractivity contribution < 1.29 is 0 Å². The van der Waals surface area contributed by atoms with Crippen LogP contribution < -0.4 is 8.92 Å². The Morgan fingerprint density at radius 3 is 1.29 bits per heavy atom. The molecule has 0 aliphatic rings. The molecule has 0 atom stereocenters. The van der Waals surface area contributed by atoms with Crippen LogP contribution >= 0.6 is 0 Å². The Balaban J connectivity index is 2.61. The Bertz CT molecular complexity index is 406. The van der Waals surface area contributed by atoms with Gasteiger partial charge in [0, 0.05) is 0 Å². The van der Waals surface area contributed by atoms with Gasteiger partial charge in [0.2, 0.25) is 0 Å². The first-order chi connectivity index (χ1) is 6.79. The molecule has 2 radical (unpaired) electrons. The van der Waals surface area contributed by atoms with Crippen molar-refractivity contribution in [3.8, 4) is 11.1 Å². The van der Waals surface area contributed by atoms with Crippen LogP contribution in [0.5, 0.6) is 0 Å². The third kappa shape index (κ3) is 1.94. The Kier molecular flexibility index (Phi) is 3.10. The summed E-state index contributed by atoms with van der Waals surface area (Å²) in [5.74, 6) is 0. The monoisotopic (exact) mass is 312 g/mol. The maximum atomic E-state index is 3.08. The summed E-state index contributed by atoms with van der Waals surface area (Å²) in [5, 5.41) is 0. The van der Waals surface area contributed by atoms with Gasteiger partial charge in [0.25, 0.3) is 0 Å². The average Bonchev–Trinajstić information content (AvgIpc) is 2.20. The van der Waals surface area contributed by atoms with Crippen molar-refractivity contribution >= 4 is 40.9 Å². The molecule has 2 rings (SSSR count). The van der Waals surface area contributed by atoms with Gasteiger partial charge in [-0.05, 0) is 0 Å². The molecule has 0 spiro atoms. The van der Waals surface area contributed by atoms with Crippen LogP contribution in [0.15, 0.2) is 48.5 Å². The number of hydrogen-bond acceptors (Lipinski definition) is 0. The van der Waals surface area contributed by atoms with Crippen LogP contribution in [0.1, 0.15) is 0 Å². The third-order valence-electron chi connectivity index (χ3n) is 2.06. The summed E-state index contributed by atoms with van der Waals surface area (Å²) in [4.78, 5) is 0. The summed E-state index contributed by atoms with van der Waals surface area (Å²) < 4.78 is 2.38. The van der Waals surface area contributed by atoms with E-state index in [0.717, 1.165) is 0 Å². The van der Waals surface area contributed by atoms with Gasteiger partial charge in [0.05, 0.1) is 0 Å². The molecule has 68 valence electrons. The molecule has 0 aliphatic heterocycles. The van der Waals surface area contributed by atoms with Crippen LogP contribution in [0.3, 0.4) is 0 Å². The number of benzene rings is 2. The summed E-state index contributed by atoms with van der Waals surface area (Å²) in [6, 6.07) is 16.6. The first-order valence-electron chi connectivity index (χ1n) is 4.31. The van der Waals surface area contributed by atoms with Crippen molar-refractivity contribution in [1.29, 1.82) is 0 Å². The zero-order valence-corrected chi connectivity index (χ0v) is 10.9. The first-order valence-corrected chi connectivity index (χ1v) is 6.03. The molecule has 0 N–H and O–H groups in total. The molecule has 0 nitrogen and oxygen atoms in total. The van der Waals surface area contributed by atoms with Crippen LogP contribution in [-0.2, 0) is 0 Å². The van der Waals surface area contributed by atoms with E-state index in [1.165, 1.54) is 20.1 Å². The van der Waals surface area contributed by atoms with Gasteiger partial charge in [-0.2, -0.15) is 0 Å². The Morgan fingerprint density at radius 2 is 0.929 bits per heavy atom. The van der Waals surface area contributed by atoms with Gasteiger partial charge in [0.1, 0.15) is 0 Å². The van der Waals surface area contributed by atoms with Crippen LogP contribution in [0.25, 0.3) is 11.1 Å². The van der Waals surface area contributed by atoms with Crippen molar-refractivity contribution in [1.82, 2.24) is 0 Å². The van der Waals surface area contributed by atoms with Crippen LogP contribution in [0.2, 0.25) is 0 Å². The molecular formula is C12H8Se2. The molecule has 0 aliphatic carbocycles. The van der Waals surface area contributed by atoms with Gasteiger partial charge in [-0.1, -0.05) is 0 Å². The summed E-state index contributed by atoms with van der Waals surface area (Å²) in [6.45, 7) is 0. The molecule has 0 aromatic heterocycles. The van der Waals surface area contributed by atoms with Crippen LogP contribution in [0, 0.1) is 0 Å². The van der Waals surface area contributed by atoms with Gasteiger partial charge in [0.15, 0.2) is 0 Å². The topological polar surface area (TPSA) is 0 Å². The fraction of sp³-hybridized carbons (Fsp3) is 0. The molecule has 2 heteroatoms. The van der Waals surface area contributed by atoms with E-state index >= 15 is 0 Å². The summed E-state index contributed by atoms with van der Waals surface area (Å²) in [7, 11) is 0. The summed E-state index contributed by atoms with van der Waals surface area (Å²) in [6.07, 6.45) is 0. The second-order valence-electron chi connectivity index (χ2n) is 2.99. The molecule has 0 saturated carbocycles. The molecule has 0 bridgehead atoms. The van der Waals surface area contributed by atoms with Crippen molar-refractivity contribution in [3.63, 3.8) is 0 Å². The van der Waals surface area contributed by atoms with Crippen molar-refractivity contribution in [3.05, 3.63) is 48.5 Å². The molecule has 0 amide bonds. The predicted octanol–water partition coefficient (Wildman–Crippen LogP) is 0.941. The van der Waals surface area contributed by atoms with Crippen LogP contribution in [-0.4, -0.2) is 32.0 Å². The molecule has 2 aromatic carbocycles. The first kappa shape index (κ1) is 10.0. The minimum absolute atomic E-state index is 1.19. The fourth-order valence-corrected chi connectivity index (χ4v) is 2.45. The number of hydrogen-bond donors (Lipinski definition) is 0. The third-order valence-corrected chi connectivity index (χ3v) is 3.56. The summed E-state index contributed by atoms with van der Waals surface area (Å²) >= 11 is 6.16. The van der Waals surface area contributed by atoms with Crippen LogP contribution in [0.4, 0.5) is 0 Å². The zero-order chi connectivity index (χ0) is 9.97. The van der Waals surface area contributed by atoms with E-state index in [9.17, 15) is 0 Å². The van der Waals surface area contributed by atoms with Crippen molar-refractivity contribution in [2.75, 3.05) is 0 Å². The zero-order valence-electron chi connectivity index (χ0n) is 7.44. The SMILES string of the molecule is [Se]c1ccccc1-c1ccccc1[Se]. The Morgan fingerprint density at radius 1 is 0.571 bits per heavy atom. The van der Waals surface area contributed by atoms with E-state index in [4.69, 9.17) is 0 Å².